The Balaban J connectivity index is 2.28. The molecule has 0 amide bonds. The third-order valence-corrected chi connectivity index (χ3v) is 2.80. The Morgan fingerprint density at radius 1 is 1.47 bits per heavy atom. The van der Waals surface area contributed by atoms with Crippen LogP contribution >= 0.6 is 0 Å². The molecule has 1 unspecified atom stereocenters. The quantitative estimate of drug-likeness (QED) is 0.810. The van der Waals surface area contributed by atoms with Crippen molar-refractivity contribution in [3.63, 3.8) is 0 Å². The van der Waals surface area contributed by atoms with Crippen LogP contribution in [0.2, 0.25) is 0 Å². The number of benzene rings is 1. The fourth-order valence-electron chi connectivity index (χ4n) is 1.82. The van der Waals surface area contributed by atoms with Gasteiger partial charge in [0.2, 0.25) is 0 Å². The molecule has 1 heterocycles. The lowest BCUT2D eigenvalue weighted by atomic mass is 10.0. The van der Waals surface area contributed by atoms with Crippen molar-refractivity contribution in [3.8, 4) is 0 Å². The van der Waals surface area contributed by atoms with Gasteiger partial charge in [-0.3, -0.25) is 9.18 Å². The molecule has 1 aromatic heterocycles. The summed E-state index contributed by atoms with van der Waals surface area (Å²) in [6.07, 6.45) is 1.77. The molecule has 0 aliphatic rings. The van der Waals surface area contributed by atoms with Crippen LogP contribution in [0.4, 0.5) is 4.39 Å². The molecule has 0 radical (unpaired) electrons. The Kier molecular flexibility index (Phi) is 3.54. The van der Waals surface area contributed by atoms with E-state index in [2.05, 4.69) is 5.32 Å². The Labute approximate surface area is 98.6 Å². The van der Waals surface area contributed by atoms with Gasteiger partial charge in [0.25, 0.3) is 0 Å². The zero-order chi connectivity index (χ0) is 12.3. The molecular formula is C13H14FNO2. The summed E-state index contributed by atoms with van der Waals surface area (Å²) in [6, 6.07) is 6.62. The zero-order valence-electron chi connectivity index (χ0n) is 9.57. The number of Topliss-reactive ketones (excluding diaryl/α,β-unsaturated/α-hetero) is 1. The van der Waals surface area contributed by atoms with Gasteiger partial charge in [-0.25, -0.2) is 0 Å². The van der Waals surface area contributed by atoms with Crippen LogP contribution in [0.5, 0.6) is 0 Å². The van der Waals surface area contributed by atoms with Crippen molar-refractivity contribution in [2.75, 3.05) is 13.7 Å². The van der Waals surface area contributed by atoms with Gasteiger partial charge in [-0.2, -0.15) is 0 Å². The van der Waals surface area contributed by atoms with Crippen molar-refractivity contribution in [2.45, 2.75) is 12.5 Å². The summed E-state index contributed by atoms with van der Waals surface area (Å²) in [5.41, 5.74) is 1.21. The topological polar surface area (TPSA) is 42.2 Å². The molecular weight excluding hydrogens is 221 g/mol. The van der Waals surface area contributed by atoms with Crippen LogP contribution < -0.4 is 5.32 Å². The van der Waals surface area contributed by atoms with Crippen LogP contribution in [0, 0.1) is 0 Å². The van der Waals surface area contributed by atoms with Crippen LogP contribution in [-0.4, -0.2) is 25.5 Å². The predicted octanol–water partition coefficient (Wildman–Crippen LogP) is 2.56. The van der Waals surface area contributed by atoms with E-state index in [9.17, 15) is 9.18 Å². The number of hydrogen-bond acceptors (Lipinski definition) is 3. The van der Waals surface area contributed by atoms with Crippen molar-refractivity contribution in [3.05, 3.63) is 36.1 Å². The first-order chi connectivity index (χ1) is 8.26. The summed E-state index contributed by atoms with van der Waals surface area (Å²) in [5.74, 6) is -0.108. The maximum absolute atomic E-state index is 12.3. The summed E-state index contributed by atoms with van der Waals surface area (Å²) in [4.78, 5) is 12.1. The highest BCUT2D eigenvalue weighted by molar-refractivity contribution is 6.02. The van der Waals surface area contributed by atoms with Crippen LogP contribution in [-0.2, 0) is 0 Å². The van der Waals surface area contributed by atoms with Crippen molar-refractivity contribution in [2.24, 2.45) is 0 Å². The molecule has 0 bridgehead atoms. The van der Waals surface area contributed by atoms with Gasteiger partial charge in [0, 0.05) is 10.9 Å². The smallest absolute Gasteiger partial charge is 0.179 e. The first kappa shape index (κ1) is 11.8. The van der Waals surface area contributed by atoms with Gasteiger partial charge < -0.3 is 9.73 Å². The Bertz CT molecular complexity index is 521. The van der Waals surface area contributed by atoms with Gasteiger partial charge in [0.1, 0.15) is 5.58 Å². The van der Waals surface area contributed by atoms with Gasteiger partial charge in [0.05, 0.1) is 19.0 Å². The van der Waals surface area contributed by atoms with E-state index in [0.717, 1.165) is 5.39 Å². The van der Waals surface area contributed by atoms with Crippen LogP contribution in [0.15, 0.2) is 34.9 Å². The fraction of sp³-hybridized carbons (Fsp3) is 0.308. The van der Waals surface area contributed by atoms with E-state index in [1.54, 1.807) is 25.4 Å². The molecule has 0 aliphatic heterocycles. The van der Waals surface area contributed by atoms with E-state index in [0.29, 0.717) is 11.1 Å². The highest BCUT2D eigenvalue weighted by Gasteiger charge is 2.18. The first-order valence-electron chi connectivity index (χ1n) is 5.51. The highest BCUT2D eigenvalue weighted by atomic mass is 19.1. The number of ketones is 1. The molecule has 4 heteroatoms. The molecule has 17 heavy (non-hydrogen) atoms. The second kappa shape index (κ2) is 5.10. The van der Waals surface area contributed by atoms with E-state index in [1.807, 2.05) is 12.1 Å². The zero-order valence-corrected chi connectivity index (χ0v) is 9.57. The first-order valence-corrected chi connectivity index (χ1v) is 5.51. The van der Waals surface area contributed by atoms with Crippen molar-refractivity contribution < 1.29 is 13.6 Å². The third kappa shape index (κ3) is 2.36. The number of halogens is 1. The predicted molar refractivity (Wildman–Crippen MR) is 64.0 cm³/mol. The molecule has 1 aromatic carbocycles. The maximum atomic E-state index is 12.3. The molecule has 0 spiro atoms. The SMILES string of the molecule is CNC(CCF)C(=O)c1ccc2ccoc2c1. The van der Waals surface area contributed by atoms with Crippen LogP contribution in [0.25, 0.3) is 11.0 Å². The van der Waals surface area contributed by atoms with Gasteiger partial charge in [-0.05, 0) is 25.6 Å². The largest absolute Gasteiger partial charge is 0.464 e. The molecule has 1 atom stereocenters. The molecule has 1 N–H and O–H groups in total. The minimum Gasteiger partial charge on any atom is -0.464 e. The van der Waals surface area contributed by atoms with Gasteiger partial charge in [0.15, 0.2) is 5.78 Å². The molecule has 0 fully saturated rings. The van der Waals surface area contributed by atoms with Crippen molar-refractivity contribution >= 4 is 16.8 Å². The maximum Gasteiger partial charge on any atom is 0.179 e. The Hall–Kier alpha value is -1.68. The highest BCUT2D eigenvalue weighted by Crippen LogP contribution is 2.18. The number of nitrogens with one attached hydrogen (secondary N) is 1. The minimum absolute atomic E-state index is 0.108. The van der Waals surface area contributed by atoms with E-state index in [1.165, 1.54) is 0 Å². The number of fused-ring (bicyclic) bond motifs is 1. The molecule has 0 aliphatic carbocycles. The molecule has 90 valence electrons. The van der Waals surface area contributed by atoms with Gasteiger partial charge in [-0.15, -0.1) is 0 Å². The lowest BCUT2D eigenvalue weighted by Crippen LogP contribution is -2.34. The van der Waals surface area contributed by atoms with Gasteiger partial charge >= 0.3 is 0 Å². The van der Waals surface area contributed by atoms with Crippen molar-refractivity contribution in [1.82, 2.24) is 5.32 Å². The minimum atomic E-state index is -0.514. The number of alkyl halides is 1. The van der Waals surface area contributed by atoms with E-state index < -0.39 is 12.7 Å². The number of carbonyl (C=O) groups excluding carboxylic acids is 1. The monoisotopic (exact) mass is 235 g/mol. The number of hydrogen-bond donors (Lipinski definition) is 1. The number of furan rings is 1. The summed E-state index contributed by atoms with van der Waals surface area (Å²) in [7, 11) is 1.66. The Morgan fingerprint density at radius 3 is 3.00 bits per heavy atom. The number of likely N-dealkylation sites (N-methyl/N-ethyl adjacent to an activating group) is 1. The van der Waals surface area contributed by atoms with Crippen molar-refractivity contribution in [1.29, 1.82) is 0 Å². The standard InChI is InChI=1S/C13H14FNO2/c1-15-11(4-6-14)13(16)10-3-2-9-5-7-17-12(9)8-10/h2-3,5,7-8,11,15H,4,6H2,1H3. The summed E-state index contributed by atoms with van der Waals surface area (Å²) >= 11 is 0. The second-order valence-corrected chi connectivity index (χ2v) is 3.86. The summed E-state index contributed by atoms with van der Waals surface area (Å²) < 4.78 is 17.5. The molecule has 0 saturated carbocycles. The summed E-state index contributed by atoms with van der Waals surface area (Å²) in [6.45, 7) is -0.514. The third-order valence-electron chi connectivity index (χ3n) is 2.80. The normalized spacial score (nSPS) is 12.8. The second-order valence-electron chi connectivity index (χ2n) is 3.86. The average molecular weight is 235 g/mol. The van der Waals surface area contributed by atoms with E-state index >= 15 is 0 Å². The lowest BCUT2D eigenvalue weighted by Gasteiger charge is -2.12. The Morgan fingerprint density at radius 2 is 2.29 bits per heavy atom. The molecule has 2 aromatic rings. The number of carbonyl (C=O) groups is 1. The van der Waals surface area contributed by atoms with Crippen LogP contribution in [0.3, 0.4) is 0 Å². The van der Waals surface area contributed by atoms with E-state index in [-0.39, 0.29) is 12.2 Å². The molecule has 2 rings (SSSR count). The number of rotatable bonds is 5. The van der Waals surface area contributed by atoms with E-state index in [4.69, 9.17) is 4.42 Å². The summed E-state index contributed by atoms with van der Waals surface area (Å²) in [5, 5.41) is 3.77. The average Bonchev–Trinajstić information content (AvgIpc) is 2.82. The molecule has 0 saturated heterocycles. The van der Waals surface area contributed by atoms with Crippen LogP contribution in [0.1, 0.15) is 16.8 Å². The lowest BCUT2D eigenvalue weighted by molar-refractivity contribution is 0.0938. The molecule has 3 nitrogen and oxygen atoms in total. The van der Waals surface area contributed by atoms with Gasteiger partial charge in [-0.1, -0.05) is 12.1 Å². The fourth-order valence-corrected chi connectivity index (χ4v) is 1.82.